The topological polar surface area (TPSA) is 60.2 Å². The predicted octanol–water partition coefficient (Wildman–Crippen LogP) is 2.66. The highest BCUT2D eigenvalue weighted by Gasteiger charge is 2.21. The quantitative estimate of drug-likeness (QED) is 0.845. The number of nitrogens with zero attached hydrogens (tertiary/aromatic N) is 1. The van der Waals surface area contributed by atoms with E-state index in [1.807, 2.05) is 12.1 Å². The molecular formula is C13H21N3O. The number of nitrogens with two attached hydrogens (primary N) is 1. The summed E-state index contributed by atoms with van der Waals surface area (Å²) in [5.74, 6) is 2.06. The van der Waals surface area contributed by atoms with Gasteiger partial charge in [-0.2, -0.15) is 4.98 Å². The number of hydrogen-bond acceptors (Lipinski definition) is 4. The summed E-state index contributed by atoms with van der Waals surface area (Å²) in [7, 11) is 1.59. The third-order valence-electron chi connectivity index (χ3n) is 3.53. The van der Waals surface area contributed by atoms with Crippen LogP contribution >= 0.6 is 0 Å². The van der Waals surface area contributed by atoms with Gasteiger partial charge in [0, 0.05) is 6.04 Å². The number of pyridine rings is 1. The first-order valence-electron chi connectivity index (χ1n) is 6.27. The van der Waals surface area contributed by atoms with Gasteiger partial charge in [0.1, 0.15) is 5.82 Å². The summed E-state index contributed by atoms with van der Waals surface area (Å²) in [6, 6.07) is 4.27. The molecule has 0 saturated heterocycles. The molecule has 2 rings (SSSR count). The molecule has 17 heavy (non-hydrogen) atoms. The van der Waals surface area contributed by atoms with Crippen molar-refractivity contribution in [3.8, 4) is 5.88 Å². The van der Waals surface area contributed by atoms with E-state index in [2.05, 4.69) is 17.2 Å². The van der Waals surface area contributed by atoms with Gasteiger partial charge in [-0.15, -0.1) is 0 Å². The number of rotatable bonds is 3. The van der Waals surface area contributed by atoms with Gasteiger partial charge in [0.25, 0.3) is 0 Å². The summed E-state index contributed by atoms with van der Waals surface area (Å²) in [6.07, 6.45) is 5.16. The largest absolute Gasteiger partial charge is 0.479 e. The lowest BCUT2D eigenvalue weighted by molar-refractivity contribution is 0.348. The maximum absolute atomic E-state index is 5.75. The molecule has 4 nitrogen and oxygen atoms in total. The molecule has 1 aromatic rings. The van der Waals surface area contributed by atoms with Crippen LogP contribution in [0.2, 0.25) is 0 Å². The molecule has 94 valence electrons. The lowest BCUT2D eigenvalue weighted by Gasteiger charge is -2.30. The Kier molecular flexibility index (Phi) is 3.71. The van der Waals surface area contributed by atoms with E-state index >= 15 is 0 Å². The number of methoxy groups -OCH3 is 1. The van der Waals surface area contributed by atoms with Crippen molar-refractivity contribution >= 4 is 11.5 Å². The first-order valence-corrected chi connectivity index (χ1v) is 6.27. The van der Waals surface area contributed by atoms with Crippen molar-refractivity contribution in [2.24, 2.45) is 5.92 Å². The van der Waals surface area contributed by atoms with Crippen molar-refractivity contribution in [2.75, 3.05) is 18.2 Å². The zero-order valence-electron chi connectivity index (χ0n) is 10.6. The first-order chi connectivity index (χ1) is 8.20. The minimum atomic E-state index is 0.499. The highest BCUT2D eigenvalue weighted by atomic mass is 16.5. The standard InChI is InChI=1S/C13H21N3O/c1-9-5-3-4-6-11(9)15-12-8-7-10(14)13(16-12)17-2/h7-9,11H,3-6,14H2,1-2H3,(H,15,16). The van der Waals surface area contributed by atoms with Gasteiger partial charge in [-0.05, 0) is 30.9 Å². The molecule has 0 radical (unpaired) electrons. The Morgan fingerprint density at radius 1 is 1.35 bits per heavy atom. The van der Waals surface area contributed by atoms with E-state index in [9.17, 15) is 0 Å². The van der Waals surface area contributed by atoms with E-state index in [1.165, 1.54) is 25.7 Å². The monoisotopic (exact) mass is 235 g/mol. The van der Waals surface area contributed by atoms with Crippen LogP contribution in [-0.2, 0) is 0 Å². The van der Waals surface area contributed by atoms with Crippen LogP contribution < -0.4 is 15.8 Å². The van der Waals surface area contributed by atoms with Crippen molar-refractivity contribution in [1.29, 1.82) is 0 Å². The minimum absolute atomic E-state index is 0.499. The predicted molar refractivity (Wildman–Crippen MR) is 70.2 cm³/mol. The second-order valence-electron chi connectivity index (χ2n) is 4.81. The molecule has 2 unspecified atom stereocenters. The number of nitrogens with one attached hydrogen (secondary N) is 1. The zero-order chi connectivity index (χ0) is 12.3. The van der Waals surface area contributed by atoms with Crippen molar-refractivity contribution in [3.63, 3.8) is 0 Å². The zero-order valence-corrected chi connectivity index (χ0v) is 10.6. The Morgan fingerprint density at radius 3 is 2.82 bits per heavy atom. The molecule has 0 amide bonds. The molecule has 4 heteroatoms. The summed E-state index contributed by atoms with van der Waals surface area (Å²) in [4.78, 5) is 4.36. The maximum Gasteiger partial charge on any atom is 0.238 e. The van der Waals surface area contributed by atoms with E-state index in [-0.39, 0.29) is 0 Å². The van der Waals surface area contributed by atoms with Crippen LogP contribution in [0, 0.1) is 5.92 Å². The highest BCUT2D eigenvalue weighted by Crippen LogP contribution is 2.27. The van der Waals surface area contributed by atoms with Gasteiger partial charge in [-0.1, -0.05) is 19.8 Å². The Morgan fingerprint density at radius 2 is 2.12 bits per heavy atom. The average Bonchev–Trinajstić information content (AvgIpc) is 2.34. The van der Waals surface area contributed by atoms with Crippen LogP contribution in [0.15, 0.2) is 12.1 Å². The molecular weight excluding hydrogens is 214 g/mol. The molecule has 1 saturated carbocycles. The van der Waals surface area contributed by atoms with Gasteiger partial charge < -0.3 is 15.8 Å². The molecule has 0 aromatic carbocycles. The second kappa shape index (κ2) is 5.25. The molecule has 0 spiro atoms. The number of anilines is 2. The van der Waals surface area contributed by atoms with E-state index in [1.54, 1.807) is 7.11 Å². The number of nitrogen functional groups attached to an aromatic ring is 1. The average molecular weight is 235 g/mol. The summed E-state index contributed by atoms with van der Waals surface area (Å²) in [5, 5.41) is 3.49. The fraction of sp³-hybridized carbons (Fsp3) is 0.615. The molecule has 0 bridgehead atoms. The summed E-state index contributed by atoms with van der Waals surface area (Å²) in [6.45, 7) is 2.30. The van der Waals surface area contributed by atoms with Gasteiger partial charge in [0.2, 0.25) is 5.88 Å². The van der Waals surface area contributed by atoms with Crippen molar-refractivity contribution < 1.29 is 4.74 Å². The fourth-order valence-electron chi connectivity index (χ4n) is 2.42. The smallest absolute Gasteiger partial charge is 0.238 e. The van der Waals surface area contributed by atoms with Gasteiger partial charge in [-0.25, -0.2) is 0 Å². The third kappa shape index (κ3) is 2.81. The number of ether oxygens (including phenoxy) is 1. The lowest BCUT2D eigenvalue weighted by Crippen LogP contribution is -2.30. The Labute approximate surface area is 103 Å². The molecule has 1 aromatic heterocycles. The molecule has 3 N–H and O–H groups in total. The fourth-order valence-corrected chi connectivity index (χ4v) is 2.42. The van der Waals surface area contributed by atoms with E-state index < -0.39 is 0 Å². The Bertz CT molecular complexity index is 381. The lowest BCUT2D eigenvalue weighted by atomic mass is 9.86. The maximum atomic E-state index is 5.75. The SMILES string of the molecule is COc1nc(NC2CCCCC2C)ccc1N. The van der Waals surface area contributed by atoms with Crippen molar-refractivity contribution in [1.82, 2.24) is 4.98 Å². The normalized spacial score (nSPS) is 24.4. The van der Waals surface area contributed by atoms with Crippen LogP contribution in [0.5, 0.6) is 5.88 Å². The van der Waals surface area contributed by atoms with E-state index in [4.69, 9.17) is 10.5 Å². The van der Waals surface area contributed by atoms with Gasteiger partial charge in [-0.3, -0.25) is 0 Å². The number of aromatic nitrogens is 1. The van der Waals surface area contributed by atoms with Crippen molar-refractivity contribution in [2.45, 2.75) is 38.6 Å². The Hall–Kier alpha value is -1.45. The molecule has 1 fully saturated rings. The van der Waals surface area contributed by atoms with Gasteiger partial charge in [0.15, 0.2) is 0 Å². The molecule has 1 heterocycles. The Balaban J connectivity index is 2.07. The van der Waals surface area contributed by atoms with Crippen LogP contribution in [-0.4, -0.2) is 18.1 Å². The third-order valence-corrected chi connectivity index (χ3v) is 3.53. The molecule has 1 aliphatic rings. The van der Waals surface area contributed by atoms with Crippen LogP contribution in [0.25, 0.3) is 0 Å². The highest BCUT2D eigenvalue weighted by molar-refractivity contribution is 5.53. The van der Waals surface area contributed by atoms with Crippen molar-refractivity contribution in [3.05, 3.63) is 12.1 Å². The first kappa shape index (κ1) is 12.0. The molecule has 2 atom stereocenters. The minimum Gasteiger partial charge on any atom is -0.479 e. The second-order valence-corrected chi connectivity index (χ2v) is 4.81. The molecule has 1 aliphatic carbocycles. The summed E-state index contributed by atoms with van der Waals surface area (Å²) >= 11 is 0. The summed E-state index contributed by atoms with van der Waals surface area (Å²) in [5.41, 5.74) is 6.32. The van der Waals surface area contributed by atoms with Gasteiger partial charge >= 0.3 is 0 Å². The van der Waals surface area contributed by atoms with E-state index in [0.717, 1.165) is 5.82 Å². The van der Waals surface area contributed by atoms with Crippen LogP contribution in [0.1, 0.15) is 32.6 Å². The van der Waals surface area contributed by atoms with Crippen LogP contribution in [0.3, 0.4) is 0 Å². The van der Waals surface area contributed by atoms with E-state index in [0.29, 0.717) is 23.5 Å². The number of hydrogen-bond donors (Lipinski definition) is 2. The molecule has 0 aliphatic heterocycles. The van der Waals surface area contributed by atoms with Gasteiger partial charge in [0.05, 0.1) is 12.8 Å². The summed E-state index contributed by atoms with van der Waals surface area (Å²) < 4.78 is 5.13. The van der Waals surface area contributed by atoms with Crippen LogP contribution in [0.4, 0.5) is 11.5 Å².